The molecule has 0 saturated carbocycles. The van der Waals surface area contributed by atoms with Crippen molar-refractivity contribution in [2.45, 2.75) is 24.3 Å². The van der Waals surface area contributed by atoms with Gasteiger partial charge in [0.25, 0.3) is 0 Å². The first-order valence-electron chi connectivity index (χ1n) is 7.88. The molecule has 0 fully saturated rings. The Labute approximate surface area is 155 Å². The molecule has 1 amide bonds. The monoisotopic (exact) mass is 373 g/mol. The largest absolute Gasteiger partial charge is 0.341 e. The molecular formula is C18H19N3O2S2. The van der Waals surface area contributed by atoms with Crippen LogP contribution in [0, 0.1) is 0 Å². The Morgan fingerprint density at radius 3 is 2.76 bits per heavy atom. The predicted octanol–water partition coefficient (Wildman–Crippen LogP) is 4.11. The molecule has 0 bridgehead atoms. The average molecular weight is 374 g/mol. The molecule has 0 aliphatic heterocycles. The highest BCUT2D eigenvalue weighted by Crippen LogP contribution is 2.19. The third kappa shape index (κ3) is 4.70. The number of thioether (sulfide) groups is 1. The van der Waals surface area contributed by atoms with Crippen molar-refractivity contribution in [2.75, 3.05) is 13.3 Å². The van der Waals surface area contributed by atoms with E-state index in [1.54, 1.807) is 28.0 Å². The van der Waals surface area contributed by atoms with Gasteiger partial charge in [0.1, 0.15) is 0 Å². The maximum Gasteiger partial charge on any atom is 0.227 e. The van der Waals surface area contributed by atoms with Gasteiger partial charge in [-0.2, -0.15) is 16.3 Å². The van der Waals surface area contributed by atoms with Crippen molar-refractivity contribution >= 4 is 29.0 Å². The lowest BCUT2D eigenvalue weighted by Gasteiger charge is -2.17. The molecule has 0 saturated heterocycles. The number of rotatable bonds is 7. The SMILES string of the molecule is CSc1ccc(CN(C)C(=O)CCc2nc(-c3ccsc3)no2)cc1. The van der Waals surface area contributed by atoms with Crippen LogP contribution in [0.2, 0.25) is 0 Å². The van der Waals surface area contributed by atoms with Gasteiger partial charge in [-0.3, -0.25) is 4.79 Å². The van der Waals surface area contributed by atoms with Crippen molar-refractivity contribution in [1.29, 1.82) is 0 Å². The highest BCUT2D eigenvalue weighted by molar-refractivity contribution is 7.98. The number of amides is 1. The molecule has 0 aliphatic carbocycles. The van der Waals surface area contributed by atoms with E-state index in [1.165, 1.54) is 4.90 Å². The van der Waals surface area contributed by atoms with Crippen LogP contribution in [-0.2, 0) is 17.8 Å². The molecule has 0 aliphatic rings. The van der Waals surface area contributed by atoms with Crippen molar-refractivity contribution in [3.05, 3.63) is 52.5 Å². The summed E-state index contributed by atoms with van der Waals surface area (Å²) in [7, 11) is 1.81. The number of hydrogen-bond acceptors (Lipinski definition) is 6. The zero-order chi connectivity index (χ0) is 17.6. The summed E-state index contributed by atoms with van der Waals surface area (Å²) in [5, 5.41) is 7.90. The number of benzene rings is 1. The molecule has 0 radical (unpaired) electrons. The third-order valence-corrected chi connectivity index (χ3v) is 5.23. The van der Waals surface area contributed by atoms with Gasteiger partial charge in [0.15, 0.2) is 0 Å². The Kier molecular flexibility index (Phi) is 5.88. The first kappa shape index (κ1) is 17.7. The Morgan fingerprint density at radius 2 is 2.08 bits per heavy atom. The van der Waals surface area contributed by atoms with Gasteiger partial charge in [0.2, 0.25) is 17.6 Å². The van der Waals surface area contributed by atoms with Crippen molar-refractivity contribution in [1.82, 2.24) is 15.0 Å². The number of thiophene rings is 1. The number of nitrogens with zero attached hydrogens (tertiary/aromatic N) is 3. The number of carbonyl (C=O) groups is 1. The van der Waals surface area contributed by atoms with Crippen LogP contribution in [0.3, 0.4) is 0 Å². The Hall–Kier alpha value is -2.12. The van der Waals surface area contributed by atoms with Crippen LogP contribution in [0.25, 0.3) is 11.4 Å². The van der Waals surface area contributed by atoms with Gasteiger partial charge in [0.05, 0.1) is 0 Å². The van der Waals surface area contributed by atoms with E-state index in [2.05, 4.69) is 34.4 Å². The van der Waals surface area contributed by atoms with Crippen LogP contribution < -0.4 is 0 Å². The second kappa shape index (κ2) is 8.31. The lowest BCUT2D eigenvalue weighted by Crippen LogP contribution is -2.26. The number of hydrogen-bond donors (Lipinski definition) is 0. The van der Waals surface area contributed by atoms with Gasteiger partial charge >= 0.3 is 0 Å². The predicted molar refractivity (Wildman–Crippen MR) is 101 cm³/mol. The van der Waals surface area contributed by atoms with Crippen LogP contribution in [-0.4, -0.2) is 34.3 Å². The molecule has 1 aromatic carbocycles. The summed E-state index contributed by atoms with van der Waals surface area (Å²) < 4.78 is 5.23. The van der Waals surface area contributed by atoms with Crippen LogP contribution in [0.4, 0.5) is 0 Å². The van der Waals surface area contributed by atoms with E-state index in [4.69, 9.17) is 4.52 Å². The normalized spacial score (nSPS) is 10.8. The van der Waals surface area contributed by atoms with Gasteiger partial charge in [-0.1, -0.05) is 17.3 Å². The minimum atomic E-state index is 0.0595. The van der Waals surface area contributed by atoms with E-state index in [0.29, 0.717) is 31.1 Å². The highest BCUT2D eigenvalue weighted by atomic mass is 32.2. The lowest BCUT2D eigenvalue weighted by atomic mass is 10.2. The van der Waals surface area contributed by atoms with Gasteiger partial charge in [-0.25, -0.2) is 0 Å². The summed E-state index contributed by atoms with van der Waals surface area (Å²) >= 11 is 3.29. The zero-order valence-corrected chi connectivity index (χ0v) is 15.8. The number of aryl methyl sites for hydroxylation is 1. The Bertz CT molecular complexity index is 813. The molecule has 3 aromatic rings. The van der Waals surface area contributed by atoms with Gasteiger partial charge in [0, 0.05) is 42.3 Å². The van der Waals surface area contributed by atoms with Crippen molar-refractivity contribution in [2.24, 2.45) is 0 Å². The van der Waals surface area contributed by atoms with Crippen molar-refractivity contribution in [3.8, 4) is 11.4 Å². The molecule has 2 heterocycles. The molecule has 2 aromatic heterocycles. The molecule has 0 spiro atoms. The van der Waals surface area contributed by atoms with E-state index >= 15 is 0 Å². The fraction of sp³-hybridized carbons (Fsp3) is 0.278. The Morgan fingerprint density at radius 1 is 1.28 bits per heavy atom. The fourth-order valence-corrected chi connectivity index (χ4v) is 3.41. The van der Waals surface area contributed by atoms with E-state index in [9.17, 15) is 4.79 Å². The van der Waals surface area contributed by atoms with Crippen LogP contribution >= 0.6 is 23.1 Å². The van der Waals surface area contributed by atoms with Gasteiger partial charge in [-0.05, 0) is 35.4 Å². The molecule has 0 unspecified atom stereocenters. The second-order valence-corrected chi connectivity index (χ2v) is 7.28. The maximum absolute atomic E-state index is 12.3. The summed E-state index contributed by atoms with van der Waals surface area (Å²) in [6, 6.07) is 10.2. The first-order valence-corrected chi connectivity index (χ1v) is 10.0. The lowest BCUT2D eigenvalue weighted by molar-refractivity contribution is -0.130. The maximum atomic E-state index is 12.3. The summed E-state index contributed by atoms with van der Waals surface area (Å²) in [6.45, 7) is 0.595. The molecule has 25 heavy (non-hydrogen) atoms. The van der Waals surface area contributed by atoms with Crippen LogP contribution in [0.1, 0.15) is 17.9 Å². The smallest absolute Gasteiger partial charge is 0.227 e. The summed E-state index contributed by atoms with van der Waals surface area (Å²) in [5.41, 5.74) is 2.06. The van der Waals surface area contributed by atoms with E-state index in [1.807, 2.05) is 30.1 Å². The standard InChI is InChI=1S/C18H19N3O2S2/c1-21(11-13-3-5-15(24-2)6-4-13)17(22)8-7-16-19-18(20-23-16)14-9-10-25-12-14/h3-6,9-10,12H,7-8,11H2,1-2H3. The van der Waals surface area contributed by atoms with Crippen molar-refractivity contribution < 1.29 is 9.32 Å². The number of aromatic nitrogens is 2. The van der Waals surface area contributed by atoms with E-state index in [0.717, 1.165) is 11.1 Å². The molecule has 0 N–H and O–H groups in total. The van der Waals surface area contributed by atoms with Crippen molar-refractivity contribution in [3.63, 3.8) is 0 Å². The topological polar surface area (TPSA) is 59.2 Å². The van der Waals surface area contributed by atoms with Crippen LogP contribution in [0.15, 0.2) is 50.5 Å². The summed E-state index contributed by atoms with van der Waals surface area (Å²) in [5.74, 6) is 1.13. The molecule has 130 valence electrons. The molecule has 0 atom stereocenters. The van der Waals surface area contributed by atoms with E-state index in [-0.39, 0.29) is 5.91 Å². The first-order chi connectivity index (χ1) is 12.2. The van der Waals surface area contributed by atoms with Crippen LogP contribution in [0.5, 0.6) is 0 Å². The average Bonchev–Trinajstić information content (AvgIpc) is 3.31. The molecular weight excluding hydrogens is 354 g/mol. The number of carbonyl (C=O) groups excluding carboxylic acids is 1. The Balaban J connectivity index is 1.51. The fourth-order valence-electron chi connectivity index (χ4n) is 2.36. The quantitative estimate of drug-likeness (QED) is 0.583. The summed E-state index contributed by atoms with van der Waals surface area (Å²) in [4.78, 5) is 19.6. The molecule has 3 rings (SSSR count). The second-order valence-electron chi connectivity index (χ2n) is 5.62. The molecule has 7 heteroatoms. The minimum Gasteiger partial charge on any atom is -0.341 e. The highest BCUT2D eigenvalue weighted by Gasteiger charge is 2.13. The van der Waals surface area contributed by atoms with Gasteiger partial charge < -0.3 is 9.42 Å². The minimum absolute atomic E-state index is 0.0595. The molecule has 5 nitrogen and oxygen atoms in total. The zero-order valence-electron chi connectivity index (χ0n) is 14.1. The summed E-state index contributed by atoms with van der Waals surface area (Å²) in [6.07, 6.45) is 2.85. The third-order valence-electron chi connectivity index (χ3n) is 3.80. The van der Waals surface area contributed by atoms with E-state index < -0.39 is 0 Å². The van der Waals surface area contributed by atoms with Gasteiger partial charge in [-0.15, -0.1) is 11.8 Å².